The Bertz CT molecular complexity index is 536. The second kappa shape index (κ2) is 9.71. The van der Waals surface area contributed by atoms with Gasteiger partial charge in [0.1, 0.15) is 5.75 Å². The van der Waals surface area contributed by atoms with Gasteiger partial charge >= 0.3 is 0 Å². The second-order valence-corrected chi connectivity index (χ2v) is 6.34. The smallest absolute Gasteiger partial charge is 0.222 e. The molecule has 1 fully saturated rings. The lowest BCUT2D eigenvalue weighted by Gasteiger charge is -2.29. The molecule has 1 aromatic rings. The molecule has 0 spiro atoms. The van der Waals surface area contributed by atoms with Gasteiger partial charge in [0.15, 0.2) is 0 Å². The van der Waals surface area contributed by atoms with E-state index in [1.807, 2.05) is 6.92 Å². The molecule has 0 unspecified atom stereocenters. The molecule has 1 aliphatic heterocycles. The molecule has 0 aliphatic carbocycles. The minimum absolute atomic E-state index is 0.0317. The molecular formula is C17H26ClN3O3. The Kier molecular flexibility index (Phi) is 7.62. The van der Waals surface area contributed by atoms with Gasteiger partial charge in [-0.1, -0.05) is 11.6 Å². The Morgan fingerprint density at radius 1 is 1.42 bits per heavy atom. The molecule has 24 heavy (non-hydrogen) atoms. The molecule has 134 valence electrons. The molecule has 1 atom stereocenters. The van der Waals surface area contributed by atoms with E-state index in [4.69, 9.17) is 21.1 Å². The lowest BCUT2D eigenvalue weighted by Crippen LogP contribution is -2.46. The van der Waals surface area contributed by atoms with Gasteiger partial charge < -0.3 is 20.1 Å². The molecule has 0 saturated carbocycles. The number of halogens is 1. The Morgan fingerprint density at radius 3 is 2.88 bits per heavy atom. The number of ether oxygens (including phenoxy) is 2. The summed E-state index contributed by atoms with van der Waals surface area (Å²) in [4.78, 5) is 14.4. The molecule has 1 heterocycles. The van der Waals surface area contributed by atoms with Crippen molar-refractivity contribution in [3.63, 3.8) is 0 Å². The summed E-state index contributed by atoms with van der Waals surface area (Å²) in [6, 6.07) is 5.48. The van der Waals surface area contributed by atoms with Crippen LogP contribution in [0.2, 0.25) is 5.02 Å². The third-order valence-corrected chi connectivity index (χ3v) is 4.11. The van der Waals surface area contributed by atoms with Crippen LogP contribution in [-0.2, 0) is 9.53 Å². The fraction of sp³-hybridized carbons (Fsp3) is 0.588. The zero-order chi connectivity index (χ0) is 17.4. The van der Waals surface area contributed by atoms with Crippen LogP contribution in [-0.4, -0.2) is 63.4 Å². The first-order chi connectivity index (χ1) is 11.6. The highest BCUT2D eigenvalue weighted by Gasteiger charge is 2.15. The number of nitrogens with zero attached hydrogens (tertiary/aromatic N) is 1. The molecule has 1 amide bonds. The topological polar surface area (TPSA) is 62.8 Å². The Balaban J connectivity index is 1.70. The number of carbonyl (C=O) groups excluding carboxylic acids is 1. The predicted octanol–water partition coefficient (Wildman–Crippen LogP) is 1.99. The fourth-order valence-corrected chi connectivity index (χ4v) is 2.86. The van der Waals surface area contributed by atoms with E-state index >= 15 is 0 Å². The summed E-state index contributed by atoms with van der Waals surface area (Å²) in [6.07, 6.45) is 0.392. The Morgan fingerprint density at radius 2 is 2.17 bits per heavy atom. The largest absolute Gasteiger partial charge is 0.495 e. The minimum atomic E-state index is 0.0317. The van der Waals surface area contributed by atoms with Crippen LogP contribution < -0.4 is 15.4 Å². The Hall–Kier alpha value is -1.50. The lowest BCUT2D eigenvalue weighted by molar-refractivity contribution is -0.121. The van der Waals surface area contributed by atoms with Gasteiger partial charge in [0.25, 0.3) is 0 Å². The van der Waals surface area contributed by atoms with Crippen LogP contribution in [0.15, 0.2) is 18.2 Å². The van der Waals surface area contributed by atoms with Crippen molar-refractivity contribution < 1.29 is 14.3 Å². The number of rotatable bonds is 8. The average Bonchev–Trinajstić information content (AvgIpc) is 2.56. The van der Waals surface area contributed by atoms with Crippen molar-refractivity contribution in [1.29, 1.82) is 0 Å². The number of methoxy groups -OCH3 is 1. The summed E-state index contributed by atoms with van der Waals surface area (Å²) < 4.78 is 10.6. The van der Waals surface area contributed by atoms with Gasteiger partial charge in [-0.25, -0.2) is 0 Å². The van der Waals surface area contributed by atoms with E-state index < -0.39 is 0 Å². The Labute approximate surface area is 148 Å². The van der Waals surface area contributed by atoms with Gasteiger partial charge in [-0.05, 0) is 25.1 Å². The molecule has 0 bridgehead atoms. The van der Waals surface area contributed by atoms with E-state index in [0.717, 1.165) is 38.5 Å². The number of hydrogen-bond donors (Lipinski definition) is 2. The van der Waals surface area contributed by atoms with Crippen molar-refractivity contribution in [3.05, 3.63) is 23.2 Å². The number of benzene rings is 1. The van der Waals surface area contributed by atoms with Crippen molar-refractivity contribution in [1.82, 2.24) is 10.2 Å². The van der Waals surface area contributed by atoms with Crippen LogP contribution in [0.3, 0.4) is 0 Å². The zero-order valence-electron chi connectivity index (χ0n) is 14.3. The van der Waals surface area contributed by atoms with Gasteiger partial charge in [0, 0.05) is 43.7 Å². The number of carbonyl (C=O) groups is 1. The number of morpholine rings is 1. The van der Waals surface area contributed by atoms with E-state index in [9.17, 15) is 4.79 Å². The first kappa shape index (κ1) is 18.8. The van der Waals surface area contributed by atoms with E-state index in [1.165, 1.54) is 0 Å². The van der Waals surface area contributed by atoms with Crippen LogP contribution in [0, 0.1) is 0 Å². The molecule has 1 aromatic carbocycles. The van der Waals surface area contributed by atoms with Crippen LogP contribution in [0.5, 0.6) is 5.75 Å². The molecule has 0 radical (unpaired) electrons. The zero-order valence-corrected chi connectivity index (χ0v) is 15.1. The van der Waals surface area contributed by atoms with Crippen molar-refractivity contribution in [3.8, 4) is 5.75 Å². The number of hydrogen-bond acceptors (Lipinski definition) is 5. The van der Waals surface area contributed by atoms with E-state index in [1.54, 1.807) is 25.3 Å². The van der Waals surface area contributed by atoms with Crippen molar-refractivity contribution in [2.75, 3.05) is 51.8 Å². The summed E-state index contributed by atoms with van der Waals surface area (Å²) in [5.74, 6) is 0.741. The maximum Gasteiger partial charge on any atom is 0.222 e. The highest BCUT2D eigenvalue weighted by molar-refractivity contribution is 6.30. The van der Waals surface area contributed by atoms with E-state index in [2.05, 4.69) is 15.5 Å². The summed E-state index contributed by atoms with van der Waals surface area (Å²) in [5, 5.41) is 6.85. The maximum atomic E-state index is 12.1. The van der Waals surface area contributed by atoms with Gasteiger partial charge in [0.05, 0.1) is 26.0 Å². The first-order valence-electron chi connectivity index (χ1n) is 8.25. The van der Waals surface area contributed by atoms with E-state index in [0.29, 0.717) is 23.7 Å². The third-order valence-electron chi connectivity index (χ3n) is 3.87. The number of anilines is 1. The van der Waals surface area contributed by atoms with Crippen molar-refractivity contribution in [2.24, 2.45) is 0 Å². The summed E-state index contributed by atoms with van der Waals surface area (Å²) in [5.41, 5.74) is 0.791. The minimum Gasteiger partial charge on any atom is -0.495 e. The molecule has 1 aliphatic rings. The fourth-order valence-electron chi connectivity index (χ4n) is 2.69. The van der Waals surface area contributed by atoms with E-state index in [-0.39, 0.29) is 11.9 Å². The molecular weight excluding hydrogens is 330 g/mol. The van der Waals surface area contributed by atoms with Crippen LogP contribution in [0.1, 0.15) is 13.3 Å². The maximum absolute atomic E-state index is 12.1. The number of nitrogens with one attached hydrogen (secondary N) is 2. The highest BCUT2D eigenvalue weighted by atomic mass is 35.5. The van der Waals surface area contributed by atoms with Crippen LogP contribution >= 0.6 is 11.6 Å². The van der Waals surface area contributed by atoms with Gasteiger partial charge in [-0.3, -0.25) is 9.69 Å². The monoisotopic (exact) mass is 355 g/mol. The average molecular weight is 356 g/mol. The third kappa shape index (κ3) is 6.19. The summed E-state index contributed by atoms with van der Waals surface area (Å²) in [7, 11) is 1.61. The number of amides is 1. The van der Waals surface area contributed by atoms with Crippen LogP contribution in [0.25, 0.3) is 0 Å². The quantitative estimate of drug-likeness (QED) is 0.746. The SMILES string of the molecule is COc1ccc(Cl)cc1NCCC(=O)N[C@@H](C)CN1CCOCC1. The molecule has 2 rings (SSSR count). The normalized spacial score (nSPS) is 16.5. The molecule has 0 aromatic heterocycles. The van der Waals surface area contributed by atoms with Crippen LogP contribution in [0.4, 0.5) is 5.69 Å². The standard InChI is InChI=1S/C17H26ClN3O3/c1-13(12-21-7-9-24-10-8-21)20-17(22)5-6-19-15-11-14(18)3-4-16(15)23-2/h3-4,11,13,19H,5-10,12H2,1-2H3,(H,20,22)/t13-/m0/s1. The molecule has 7 heteroatoms. The second-order valence-electron chi connectivity index (χ2n) is 5.90. The first-order valence-corrected chi connectivity index (χ1v) is 8.63. The summed E-state index contributed by atoms with van der Waals surface area (Å²) >= 11 is 5.99. The molecule has 1 saturated heterocycles. The molecule has 6 nitrogen and oxygen atoms in total. The van der Waals surface area contributed by atoms with Crippen molar-refractivity contribution >= 4 is 23.2 Å². The van der Waals surface area contributed by atoms with Gasteiger partial charge in [0.2, 0.25) is 5.91 Å². The van der Waals surface area contributed by atoms with Crippen molar-refractivity contribution in [2.45, 2.75) is 19.4 Å². The predicted molar refractivity (Wildman–Crippen MR) is 96.0 cm³/mol. The molecule has 2 N–H and O–H groups in total. The lowest BCUT2D eigenvalue weighted by atomic mass is 10.2. The summed E-state index contributed by atoms with van der Waals surface area (Å²) in [6.45, 7) is 6.79. The highest BCUT2D eigenvalue weighted by Crippen LogP contribution is 2.27. The van der Waals surface area contributed by atoms with Gasteiger partial charge in [-0.2, -0.15) is 0 Å². The van der Waals surface area contributed by atoms with Gasteiger partial charge in [-0.15, -0.1) is 0 Å².